The molecule has 0 unspecified atom stereocenters. The number of nitrogens with zero attached hydrogens (tertiary/aromatic N) is 1. The van der Waals surface area contributed by atoms with Crippen LogP contribution in [-0.4, -0.2) is 42.8 Å². The molecule has 0 saturated carbocycles. The molecule has 2 heterocycles. The highest BCUT2D eigenvalue weighted by atomic mass is 16.2. The van der Waals surface area contributed by atoms with E-state index in [4.69, 9.17) is 0 Å². The molecule has 110 valence electrons. The molecular weight excluding hydrogens is 270 g/mol. The molecule has 6 nitrogen and oxygen atoms in total. The van der Waals surface area contributed by atoms with Gasteiger partial charge in [-0.25, -0.2) is 0 Å². The van der Waals surface area contributed by atoms with Crippen molar-refractivity contribution >= 4 is 23.4 Å². The zero-order valence-electron chi connectivity index (χ0n) is 12.0. The molecule has 0 spiro atoms. The summed E-state index contributed by atoms with van der Waals surface area (Å²) >= 11 is 0. The first-order chi connectivity index (χ1) is 9.99. The number of hydrogen-bond donors (Lipinski definition) is 2. The van der Waals surface area contributed by atoms with Crippen LogP contribution in [-0.2, 0) is 4.79 Å². The van der Waals surface area contributed by atoms with E-state index in [1.165, 1.54) is 7.05 Å². The molecule has 1 aromatic rings. The van der Waals surface area contributed by atoms with E-state index in [9.17, 15) is 14.4 Å². The standard InChI is InChI=1S/C15H17N3O3/c1-8-6-16-7-12(8)13(19)17-9-3-4-10-11(5-9)15(21)18(2)14(10)20/h3-5,8,12,16H,6-7H2,1-2H3,(H,17,19)/t8-,12-/m1/s1. The van der Waals surface area contributed by atoms with Gasteiger partial charge in [-0.05, 0) is 30.7 Å². The van der Waals surface area contributed by atoms with Crippen molar-refractivity contribution in [3.05, 3.63) is 29.3 Å². The summed E-state index contributed by atoms with van der Waals surface area (Å²) in [6.07, 6.45) is 0. The van der Waals surface area contributed by atoms with Crippen LogP contribution < -0.4 is 10.6 Å². The van der Waals surface area contributed by atoms with Gasteiger partial charge in [-0.15, -0.1) is 0 Å². The van der Waals surface area contributed by atoms with Crippen LogP contribution in [0.2, 0.25) is 0 Å². The summed E-state index contributed by atoms with van der Waals surface area (Å²) in [7, 11) is 1.45. The number of carbonyl (C=O) groups is 3. The molecule has 6 heteroatoms. The van der Waals surface area contributed by atoms with Crippen LogP contribution >= 0.6 is 0 Å². The zero-order valence-corrected chi connectivity index (χ0v) is 12.0. The lowest BCUT2D eigenvalue weighted by Crippen LogP contribution is -2.27. The van der Waals surface area contributed by atoms with E-state index in [0.717, 1.165) is 11.4 Å². The Hall–Kier alpha value is -2.21. The van der Waals surface area contributed by atoms with Crippen LogP contribution in [0.15, 0.2) is 18.2 Å². The second-order valence-electron chi connectivity index (χ2n) is 5.66. The van der Waals surface area contributed by atoms with E-state index >= 15 is 0 Å². The third-order valence-corrected chi connectivity index (χ3v) is 4.21. The molecule has 1 fully saturated rings. The van der Waals surface area contributed by atoms with E-state index < -0.39 is 0 Å². The molecule has 2 aliphatic heterocycles. The molecule has 0 radical (unpaired) electrons. The Morgan fingerprint density at radius 1 is 1.24 bits per heavy atom. The van der Waals surface area contributed by atoms with Crippen molar-refractivity contribution in [3.63, 3.8) is 0 Å². The SMILES string of the molecule is C[C@@H]1CNC[C@H]1C(=O)Nc1ccc2c(c1)C(=O)N(C)C2=O. The topological polar surface area (TPSA) is 78.5 Å². The highest BCUT2D eigenvalue weighted by Crippen LogP contribution is 2.25. The number of benzene rings is 1. The molecular formula is C15H17N3O3. The Balaban J connectivity index is 1.81. The van der Waals surface area contributed by atoms with Crippen molar-refractivity contribution in [3.8, 4) is 0 Å². The van der Waals surface area contributed by atoms with E-state index in [2.05, 4.69) is 10.6 Å². The Bertz CT molecular complexity index is 641. The van der Waals surface area contributed by atoms with Gasteiger partial charge in [-0.3, -0.25) is 19.3 Å². The number of amides is 3. The van der Waals surface area contributed by atoms with Gasteiger partial charge < -0.3 is 10.6 Å². The van der Waals surface area contributed by atoms with Crippen LogP contribution in [0, 0.1) is 11.8 Å². The smallest absolute Gasteiger partial charge is 0.261 e. The molecule has 0 bridgehead atoms. The second-order valence-corrected chi connectivity index (χ2v) is 5.66. The number of imide groups is 1. The predicted molar refractivity (Wildman–Crippen MR) is 77.0 cm³/mol. The van der Waals surface area contributed by atoms with Gasteiger partial charge in [-0.2, -0.15) is 0 Å². The van der Waals surface area contributed by atoms with E-state index in [0.29, 0.717) is 23.4 Å². The third kappa shape index (κ3) is 2.21. The summed E-state index contributed by atoms with van der Waals surface area (Å²) in [6, 6.07) is 4.82. The molecule has 21 heavy (non-hydrogen) atoms. The molecule has 1 aromatic carbocycles. The van der Waals surface area contributed by atoms with Gasteiger partial charge in [0.2, 0.25) is 5.91 Å². The van der Waals surface area contributed by atoms with E-state index in [1.807, 2.05) is 6.92 Å². The fraction of sp³-hybridized carbons (Fsp3) is 0.400. The molecule has 2 atom stereocenters. The van der Waals surface area contributed by atoms with Crippen molar-refractivity contribution in [1.82, 2.24) is 10.2 Å². The fourth-order valence-electron chi connectivity index (χ4n) is 2.84. The summed E-state index contributed by atoms with van der Waals surface area (Å²) in [5.41, 5.74) is 1.28. The highest BCUT2D eigenvalue weighted by Gasteiger charge is 2.33. The van der Waals surface area contributed by atoms with Crippen LogP contribution in [0.1, 0.15) is 27.6 Å². The summed E-state index contributed by atoms with van der Waals surface area (Å²) in [5.74, 6) is -0.479. The van der Waals surface area contributed by atoms with Crippen LogP contribution in [0.25, 0.3) is 0 Å². The van der Waals surface area contributed by atoms with Gasteiger partial charge in [0.05, 0.1) is 17.0 Å². The van der Waals surface area contributed by atoms with Crippen molar-refractivity contribution in [2.75, 3.05) is 25.5 Å². The Morgan fingerprint density at radius 3 is 2.62 bits per heavy atom. The van der Waals surface area contributed by atoms with E-state index in [-0.39, 0.29) is 29.6 Å². The zero-order chi connectivity index (χ0) is 15.1. The van der Waals surface area contributed by atoms with E-state index in [1.54, 1.807) is 18.2 Å². The Labute approximate surface area is 122 Å². The number of rotatable bonds is 2. The molecule has 0 aliphatic carbocycles. The Morgan fingerprint density at radius 2 is 1.95 bits per heavy atom. The Kier molecular flexibility index (Phi) is 3.25. The maximum Gasteiger partial charge on any atom is 0.261 e. The van der Waals surface area contributed by atoms with Gasteiger partial charge in [0, 0.05) is 19.3 Å². The van der Waals surface area contributed by atoms with Crippen molar-refractivity contribution in [1.29, 1.82) is 0 Å². The van der Waals surface area contributed by atoms with Gasteiger partial charge >= 0.3 is 0 Å². The monoisotopic (exact) mass is 287 g/mol. The number of nitrogens with one attached hydrogen (secondary N) is 2. The van der Waals surface area contributed by atoms with Crippen molar-refractivity contribution in [2.45, 2.75) is 6.92 Å². The highest BCUT2D eigenvalue weighted by molar-refractivity contribution is 6.21. The molecule has 2 N–H and O–H groups in total. The minimum Gasteiger partial charge on any atom is -0.326 e. The number of anilines is 1. The average Bonchev–Trinajstić information content (AvgIpc) is 2.98. The van der Waals surface area contributed by atoms with Gasteiger partial charge in [0.25, 0.3) is 11.8 Å². The van der Waals surface area contributed by atoms with Crippen LogP contribution in [0.4, 0.5) is 5.69 Å². The second kappa shape index (κ2) is 4.96. The molecule has 1 saturated heterocycles. The van der Waals surface area contributed by atoms with Crippen LogP contribution in [0.5, 0.6) is 0 Å². The quantitative estimate of drug-likeness (QED) is 0.785. The summed E-state index contributed by atoms with van der Waals surface area (Å²) in [6.45, 7) is 3.53. The van der Waals surface area contributed by atoms with Crippen molar-refractivity contribution < 1.29 is 14.4 Å². The maximum atomic E-state index is 12.2. The third-order valence-electron chi connectivity index (χ3n) is 4.21. The number of hydrogen-bond acceptors (Lipinski definition) is 4. The minimum absolute atomic E-state index is 0.0578. The van der Waals surface area contributed by atoms with Crippen LogP contribution in [0.3, 0.4) is 0 Å². The van der Waals surface area contributed by atoms with Gasteiger partial charge in [0.15, 0.2) is 0 Å². The summed E-state index contributed by atoms with van der Waals surface area (Å²) in [4.78, 5) is 37.0. The van der Waals surface area contributed by atoms with Gasteiger partial charge in [0.1, 0.15) is 0 Å². The lowest BCUT2D eigenvalue weighted by Gasteiger charge is -2.14. The number of fused-ring (bicyclic) bond motifs is 1. The summed E-state index contributed by atoms with van der Waals surface area (Å²) < 4.78 is 0. The molecule has 2 aliphatic rings. The first kappa shape index (κ1) is 13.8. The first-order valence-corrected chi connectivity index (χ1v) is 6.97. The average molecular weight is 287 g/mol. The van der Waals surface area contributed by atoms with Gasteiger partial charge in [-0.1, -0.05) is 6.92 Å². The first-order valence-electron chi connectivity index (χ1n) is 6.97. The molecule has 3 rings (SSSR count). The largest absolute Gasteiger partial charge is 0.326 e. The molecule has 3 amide bonds. The summed E-state index contributed by atoms with van der Waals surface area (Å²) in [5, 5.41) is 6.02. The molecule has 0 aromatic heterocycles. The van der Waals surface area contributed by atoms with Crippen molar-refractivity contribution in [2.24, 2.45) is 11.8 Å². The number of carbonyl (C=O) groups excluding carboxylic acids is 3. The normalized spacial score (nSPS) is 24.4. The fourth-order valence-corrected chi connectivity index (χ4v) is 2.84. The predicted octanol–water partition coefficient (Wildman–Crippen LogP) is 0.706. The lowest BCUT2D eigenvalue weighted by molar-refractivity contribution is -0.120. The maximum absolute atomic E-state index is 12.2. The lowest BCUT2D eigenvalue weighted by atomic mass is 9.97. The minimum atomic E-state index is -0.331.